The third-order valence-corrected chi connectivity index (χ3v) is 5.98. The number of rotatable bonds is 8. The van der Waals surface area contributed by atoms with Crippen LogP contribution in [0.5, 0.6) is 0 Å². The molecule has 9 heteroatoms. The number of benzene rings is 1. The monoisotopic (exact) mass is 472 g/mol. The Kier molecular flexibility index (Phi) is 7.05. The molecule has 0 amide bonds. The zero-order valence-corrected chi connectivity index (χ0v) is 19.7. The Morgan fingerprint density at radius 1 is 1.18 bits per heavy atom. The van der Waals surface area contributed by atoms with Gasteiger partial charge in [0.25, 0.3) is 5.56 Å². The van der Waals surface area contributed by atoms with Gasteiger partial charge in [-0.05, 0) is 31.2 Å². The van der Waals surface area contributed by atoms with Crippen LogP contribution in [0.25, 0.3) is 17.0 Å². The number of hydrogen-bond donors (Lipinski definition) is 2. The van der Waals surface area contributed by atoms with Gasteiger partial charge in [-0.2, -0.15) is 0 Å². The number of carbonyl (C=O) groups is 1. The van der Waals surface area contributed by atoms with Crippen LogP contribution in [0.15, 0.2) is 71.2 Å². The number of aryl methyl sites for hydroxylation is 1. The van der Waals surface area contributed by atoms with Gasteiger partial charge in [0, 0.05) is 47.7 Å². The largest absolute Gasteiger partial charge is 0.398 e. The Morgan fingerprint density at radius 2 is 1.97 bits per heavy atom. The molecule has 0 saturated heterocycles. The fourth-order valence-corrected chi connectivity index (χ4v) is 4.03. The van der Waals surface area contributed by atoms with Crippen LogP contribution in [-0.2, 0) is 13.1 Å². The van der Waals surface area contributed by atoms with Gasteiger partial charge < -0.3 is 15.6 Å². The molecule has 172 valence electrons. The third-order valence-electron chi connectivity index (χ3n) is 5.21. The summed E-state index contributed by atoms with van der Waals surface area (Å²) in [5, 5.41) is 5.78. The predicted molar refractivity (Wildman–Crippen MR) is 133 cm³/mol. The molecule has 0 spiro atoms. The summed E-state index contributed by atoms with van der Waals surface area (Å²) in [6, 6.07) is 10.8. The summed E-state index contributed by atoms with van der Waals surface area (Å²) in [4.78, 5) is 38.4. The van der Waals surface area contributed by atoms with Gasteiger partial charge in [-0.3, -0.25) is 14.6 Å². The Morgan fingerprint density at radius 3 is 2.68 bits per heavy atom. The quantitative estimate of drug-likeness (QED) is 0.299. The maximum atomic E-state index is 13.0. The minimum atomic E-state index is -0.334. The summed E-state index contributed by atoms with van der Waals surface area (Å²) in [5.41, 5.74) is 10.1. The average Bonchev–Trinajstić information content (AvgIpc) is 3.34. The number of allylic oxidation sites excluding steroid dienone is 1. The SMILES string of the molecule is CNCc1ccc(/C(N)=C/C(=O)c2nc(-c3ccc(=O)n(Cc4nccs4)c3)cnc2C)cc1. The molecular weight excluding hydrogens is 448 g/mol. The Labute approximate surface area is 200 Å². The first-order valence-corrected chi connectivity index (χ1v) is 11.5. The van der Waals surface area contributed by atoms with Crippen molar-refractivity contribution in [2.75, 3.05) is 7.05 Å². The summed E-state index contributed by atoms with van der Waals surface area (Å²) in [7, 11) is 1.88. The summed E-state index contributed by atoms with van der Waals surface area (Å²) in [5.74, 6) is -0.334. The van der Waals surface area contributed by atoms with E-state index < -0.39 is 0 Å². The standard InChI is InChI=1S/C25H24N6O2S/c1-16-25(22(32)11-20(26)18-5-3-17(4-6-18)12-27-2)30-21(13-29-16)19-7-8-24(33)31(14-19)15-23-28-9-10-34-23/h3-11,13-14,27H,12,15,26H2,1-2H3/b20-11-. The van der Waals surface area contributed by atoms with Crippen molar-refractivity contribution in [3.63, 3.8) is 0 Å². The van der Waals surface area contributed by atoms with E-state index in [0.29, 0.717) is 29.2 Å². The summed E-state index contributed by atoms with van der Waals surface area (Å²) in [6.45, 7) is 2.84. The maximum Gasteiger partial charge on any atom is 0.250 e. The number of ketones is 1. The van der Waals surface area contributed by atoms with Crippen LogP contribution in [0.3, 0.4) is 0 Å². The van der Waals surface area contributed by atoms with Crippen molar-refractivity contribution in [2.45, 2.75) is 20.0 Å². The van der Waals surface area contributed by atoms with Crippen molar-refractivity contribution in [1.29, 1.82) is 0 Å². The number of nitrogens with one attached hydrogen (secondary N) is 1. The van der Waals surface area contributed by atoms with E-state index in [4.69, 9.17) is 5.73 Å². The van der Waals surface area contributed by atoms with Gasteiger partial charge >= 0.3 is 0 Å². The molecule has 3 N–H and O–H groups in total. The molecule has 0 atom stereocenters. The normalized spacial score (nSPS) is 11.5. The van der Waals surface area contributed by atoms with Crippen LogP contribution < -0.4 is 16.6 Å². The molecule has 0 radical (unpaired) electrons. The van der Waals surface area contributed by atoms with Crippen LogP contribution >= 0.6 is 11.3 Å². The second-order valence-corrected chi connectivity index (χ2v) is 8.67. The highest BCUT2D eigenvalue weighted by atomic mass is 32.1. The van der Waals surface area contributed by atoms with Crippen LogP contribution in [0, 0.1) is 6.92 Å². The number of carbonyl (C=O) groups excluding carboxylic acids is 1. The van der Waals surface area contributed by atoms with Crippen LogP contribution in [0.2, 0.25) is 0 Å². The number of nitrogens with zero attached hydrogens (tertiary/aromatic N) is 4. The van der Waals surface area contributed by atoms with Crippen molar-refractivity contribution < 1.29 is 4.79 Å². The molecule has 3 heterocycles. The number of pyridine rings is 1. The van der Waals surface area contributed by atoms with Gasteiger partial charge in [-0.25, -0.2) is 9.97 Å². The minimum absolute atomic E-state index is 0.147. The Bertz CT molecular complexity index is 1390. The molecule has 0 aliphatic rings. The molecule has 0 saturated carbocycles. The van der Waals surface area contributed by atoms with Gasteiger partial charge in [0.05, 0.1) is 24.1 Å². The van der Waals surface area contributed by atoms with E-state index >= 15 is 0 Å². The number of thiazole rings is 1. The van der Waals surface area contributed by atoms with Gasteiger partial charge in [0.1, 0.15) is 10.7 Å². The highest BCUT2D eigenvalue weighted by molar-refractivity contribution is 7.09. The van der Waals surface area contributed by atoms with E-state index in [1.54, 1.807) is 36.1 Å². The van der Waals surface area contributed by atoms with Crippen LogP contribution in [-0.4, -0.2) is 32.3 Å². The lowest BCUT2D eigenvalue weighted by molar-refractivity contribution is 0.104. The van der Waals surface area contributed by atoms with Crippen LogP contribution in [0.4, 0.5) is 0 Å². The zero-order chi connectivity index (χ0) is 24.1. The van der Waals surface area contributed by atoms with Crippen molar-refractivity contribution >= 4 is 22.8 Å². The lowest BCUT2D eigenvalue weighted by Crippen LogP contribution is -2.19. The molecule has 0 fully saturated rings. The molecule has 8 nitrogen and oxygen atoms in total. The average molecular weight is 473 g/mol. The molecule has 0 aliphatic heterocycles. The fourth-order valence-electron chi connectivity index (χ4n) is 3.42. The van der Waals surface area contributed by atoms with E-state index in [1.165, 1.54) is 23.5 Å². The smallest absolute Gasteiger partial charge is 0.250 e. The maximum absolute atomic E-state index is 13.0. The first-order valence-electron chi connectivity index (χ1n) is 10.6. The molecule has 34 heavy (non-hydrogen) atoms. The van der Waals surface area contributed by atoms with Gasteiger partial charge in [-0.15, -0.1) is 11.3 Å². The molecule has 0 unspecified atom stereocenters. The number of nitrogens with two attached hydrogens (primary N) is 1. The number of hydrogen-bond acceptors (Lipinski definition) is 8. The summed E-state index contributed by atoms with van der Waals surface area (Å²) in [6.07, 6.45) is 6.37. The molecule has 0 bridgehead atoms. The second kappa shape index (κ2) is 10.3. The lowest BCUT2D eigenvalue weighted by atomic mass is 10.1. The molecule has 0 aliphatic carbocycles. The Balaban J connectivity index is 1.61. The van der Waals surface area contributed by atoms with E-state index in [9.17, 15) is 9.59 Å². The second-order valence-electron chi connectivity index (χ2n) is 7.69. The molecule has 4 rings (SSSR count). The topological polar surface area (TPSA) is 116 Å². The van der Waals surface area contributed by atoms with E-state index in [2.05, 4.69) is 20.3 Å². The Hall–Kier alpha value is -3.95. The van der Waals surface area contributed by atoms with Crippen LogP contribution in [0.1, 0.15) is 32.3 Å². The lowest BCUT2D eigenvalue weighted by Gasteiger charge is -2.09. The van der Waals surface area contributed by atoms with E-state index in [-0.39, 0.29) is 17.0 Å². The summed E-state index contributed by atoms with van der Waals surface area (Å²) >= 11 is 1.48. The fraction of sp³-hybridized carbons (Fsp3) is 0.160. The van der Waals surface area contributed by atoms with Crippen molar-refractivity contribution in [3.05, 3.63) is 104 Å². The van der Waals surface area contributed by atoms with Gasteiger partial charge in [0.15, 0.2) is 0 Å². The zero-order valence-electron chi connectivity index (χ0n) is 18.9. The predicted octanol–water partition coefficient (Wildman–Crippen LogP) is 3.02. The first kappa shape index (κ1) is 23.2. The van der Waals surface area contributed by atoms with E-state index in [0.717, 1.165) is 22.7 Å². The van der Waals surface area contributed by atoms with Gasteiger partial charge in [0.2, 0.25) is 5.78 Å². The first-order chi connectivity index (χ1) is 16.4. The molecule has 1 aromatic carbocycles. The highest BCUT2D eigenvalue weighted by Gasteiger charge is 2.14. The molecule has 4 aromatic rings. The van der Waals surface area contributed by atoms with Crippen molar-refractivity contribution in [3.8, 4) is 11.3 Å². The van der Waals surface area contributed by atoms with E-state index in [1.807, 2.05) is 36.7 Å². The third kappa shape index (κ3) is 5.33. The molecular formula is C25H24N6O2S. The highest BCUT2D eigenvalue weighted by Crippen LogP contribution is 2.19. The van der Waals surface area contributed by atoms with Gasteiger partial charge in [-0.1, -0.05) is 24.3 Å². The van der Waals surface area contributed by atoms with Crippen molar-refractivity contribution in [1.82, 2.24) is 24.8 Å². The number of aromatic nitrogens is 4. The summed E-state index contributed by atoms with van der Waals surface area (Å²) < 4.78 is 1.56. The molecule has 3 aromatic heterocycles. The van der Waals surface area contributed by atoms with Crippen molar-refractivity contribution in [2.24, 2.45) is 5.73 Å². The minimum Gasteiger partial charge on any atom is -0.398 e.